The number of carbonyl (C=O) groups excluding carboxylic acids is 1. The first-order chi connectivity index (χ1) is 5.75. The van der Waals surface area contributed by atoms with Gasteiger partial charge in [0.05, 0.1) is 11.0 Å². The van der Waals surface area contributed by atoms with Gasteiger partial charge in [0.2, 0.25) is 0 Å². The Labute approximate surface area is 74.2 Å². The van der Waals surface area contributed by atoms with Crippen LogP contribution in [-0.2, 0) is 4.79 Å². The van der Waals surface area contributed by atoms with E-state index in [2.05, 4.69) is 9.98 Å². The van der Waals surface area contributed by atoms with Gasteiger partial charge in [0.15, 0.2) is 0 Å². The predicted octanol–water partition coefficient (Wildman–Crippen LogP) is 1.30. The van der Waals surface area contributed by atoms with Crippen LogP contribution in [0.25, 0.3) is 0 Å². The fourth-order valence-corrected chi connectivity index (χ4v) is 1.27. The van der Waals surface area contributed by atoms with Crippen LogP contribution in [0.1, 0.15) is 0 Å². The summed E-state index contributed by atoms with van der Waals surface area (Å²) in [5, 5.41) is 0.581. The first-order valence-electron chi connectivity index (χ1n) is 3.48. The molecule has 0 spiro atoms. The molecule has 0 bridgehead atoms. The molecule has 0 aliphatic carbocycles. The molecule has 3 nitrogen and oxygen atoms in total. The van der Waals surface area contributed by atoms with E-state index in [1.165, 1.54) is 12.3 Å². The van der Waals surface area contributed by atoms with Crippen LogP contribution in [0.5, 0.6) is 0 Å². The zero-order valence-electron chi connectivity index (χ0n) is 6.07. The lowest BCUT2D eigenvalue weighted by atomic mass is 10.0. The lowest BCUT2D eigenvalue weighted by Gasteiger charge is -2.13. The molecule has 0 fully saturated rings. The molecule has 2 aliphatic heterocycles. The van der Waals surface area contributed by atoms with Crippen molar-refractivity contribution in [3.05, 3.63) is 23.3 Å². The Balaban J connectivity index is 2.38. The molecule has 1 atom stereocenters. The fourth-order valence-electron chi connectivity index (χ4n) is 1.08. The third-order valence-electron chi connectivity index (χ3n) is 1.63. The molecule has 4 heteroatoms. The average molecular weight is 181 g/mol. The van der Waals surface area contributed by atoms with Gasteiger partial charge >= 0.3 is 0 Å². The van der Waals surface area contributed by atoms with Crippen molar-refractivity contribution in [2.24, 2.45) is 15.9 Å². The van der Waals surface area contributed by atoms with Crippen molar-refractivity contribution >= 4 is 29.6 Å². The van der Waals surface area contributed by atoms with Gasteiger partial charge in [-0.3, -0.25) is 4.79 Å². The first kappa shape index (κ1) is 7.43. The smallest absolute Gasteiger partial charge is 0.267 e. The van der Waals surface area contributed by atoms with Gasteiger partial charge in [0.25, 0.3) is 5.91 Å². The van der Waals surface area contributed by atoms with E-state index in [4.69, 9.17) is 11.6 Å². The monoisotopic (exact) mass is 180 g/mol. The maximum Gasteiger partial charge on any atom is 0.271 e. The predicted molar refractivity (Wildman–Crippen MR) is 47.5 cm³/mol. The molecule has 1 unspecified atom stereocenters. The quantitative estimate of drug-likeness (QED) is 0.554. The van der Waals surface area contributed by atoms with Crippen molar-refractivity contribution < 1.29 is 4.79 Å². The van der Waals surface area contributed by atoms with Crippen molar-refractivity contribution in [3.8, 4) is 0 Å². The van der Waals surface area contributed by atoms with Crippen molar-refractivity contribution in [2.75, 3.05) is 0 Å². The van der Waals surface area contributed by atoms with E-state index in [1.54, 1.807) is 12.2 Å². The van der Waals surface area contributed by atoms with Gasteiger partial charge in [-0.25, -0.2) is 4.99 Å². The Hall–Kier alpha value is -1.22. The third kappa shape index (κ3) is 1.23. The number of amidine groups is 1. The third-order valence-corrected chi connectivity index (χ3v) is 1.85. The van der Waals surface area contributed by atoms with Crippen molar-refractivity contribution in [3.63, 3.8) is 0 Å². The topological polar surface area (TPSA) is 41.8 Å². The second kappa shape index (κ2) is 2.68. The molecule has 0 N–H and O–H groups in total. The van der Waals surface area contributed by atoms with Crippen LogP contribution in [0, 0.1) is 5.92 Å². The van der Waals surface area contributed by atoms with Crippen molar-refractivity contribution in [1.29, 1.82) is 0 Å². The van der Waals surface area contributed by atoms with Gasteiger partial charge in [-0.2, -0.15) is 4.99 Å². The number of aliphatic imine (C=N–C) groups is 2. The summed E-state index contributed by atoms with van der Waals surface area (Å²) < 4.78 is 0. The minimum absolute atomic E-state index is 0.0276. The second-order valence-corrected chi connectivity index (χ2v) is 2.94. The van der Waals surface area contributed by atoms with Crippen LogP contribution in [-0.4, -0.2) is 18.0 Å². The van der Waals surface area contributed by atoms with Crippen LogP contribution in [0.4, 0.5) is 0 Å². The number of hydrogen-bond acceptors (Lipinski definition) is 2. The number of carbonyl (C=O) groups is 1. The lowest BCUT2D eigenvalue weighted by molar-refractivity contribution is -0.113. The normalized spacial score (nSPS) is 26.4. The first-order valence-corrected chi connectivity index (χ1v) is 3.85. The minimum atomic E-state index is -0.259. The van der Waals surface area contributed by atoms with Crippen LogP contribution in [0.3, 0.4) is 0 Å². The summed E-state index contributed by atoms with van der Waals surface area (Å²) in [5.41, 5.74) is 0. The minimum Gasteiger partial charge on any atom is -0.267 e. The molecule has 0 aromatic carbocycles. The highest BCUT2D eigenvalue weighted by Gasteiger charge is 2.18. The van der Waals surface area contributed by atoms with E-state index in [0.717, 1.165) is 0 Å². The zero-order chi connectivity index (χ0) is 8.55. The highest BCUT2D eigenvalue weighted by atomic mass is 35.5. The van der Waals surface area contributed by atoms with Crippen LogP contribution in [0.15, 0.2) is 33.2 Å². The summed E-state index contributed by atoms with van der Waals surface area (Å²) in [6.45, 7) is 0. The standard InChI is InChI=1S/C8H5ClN2O/c9-6-3-5-1-2-7(12)11-8(5)10-4-6/h1-5H. The Morgan fingerprint density at radius 1 is 1.50 bits per heavy atom. The Bertz CT molecular complexity index is 352. The second-order valence-electron chi connectivity index (χ2n) is 2.50. The number of hydrogen-bond donors (Lipinski definition) is 0. The van der Waals surface area contributed by atoms with E-state index in [0.29, 0.717) is 10.9 Å². The van der Waals surface area contributed by atoms with Crippen molar-refractivity contribution in [1.82, 2.24) is 0 Å². The number of dihydropyridines is 2. The van der Waals surface area contributed by atoms with E-state index < -0.39 is 0 Å². The number of rotatable bonds is 0. The Morgan fingerprint density at radius 3 is 3.17 bits per heavy atom. The molecular formula is C8H5ClN2O. The molecule has 60 valence electrons. The highest BCUT2D eigenvalue weighted by Crippen LogP contribution is 2.18. The molecule has 0 aromatic heterocycles. The summed E-state index contributed by atoms with van der Waals surface area (Å²) in [7, 11) is 0. The maximum atomic E-state index is 10.8. The fraction of sp³-hybridized carbons (Fsp3) is 0.125. The highest BCUT2D eigenvalue weighted by molar-refractivity contribution is 6.40. The maximum absolute atomic E-state index is 10.8. The van der Waals surface area contributed by atoms with Gasteiger partial charge in [0.1, 0.15) is 5.84 Å². The average Bonchev–Trinajstić information content (AvgIpc) is 2.05. The SMILES string of the molecule is O=C1C=CC2C=C(Cl)C=NC2=N1. The molecule has 1 amide bonds. The summed E-state index contributed by atoms with van der Waals surface area (Å²) in [6.07, 6.45) is 6.46. The van der Waals surface area contributed by atoms with E-state index >= 15 is 0 Å². The van der Waals surface area contributed by atoms with Gasteiger partial charge < -0.3 is 0 Å². The van der Waals surface area contributed by atoms with Gasteiger partial charge in [-0.15, -0.1) is 0 Å². The molecule has 0 saturated carbocycles. The Morgan fingerprint density at radius 2 is 2.33 bits per heavy atom. The number of halogens is 1. The molecular weight excluding hydrogens is 176 g/mol. The molecule has 2 heterocycles. The molecule has 12 heavy (non-hydrogen) atoms. The molecule has 2 rings (SSSR count). The number of fused-ring (bicyclic) bond motifs is 1. The molecule has 0 aromatic rings. The molecule has 0 saturated heterocycles. The van der Waals surface area contributed by atoms with E-state index in [-0.39, 0.29) is 11.8 Å². The van der Waals surface area contributed by atoms with Crippen LogP contribution < -0.4 is 0 Å². The zero-order valence-corrected chi connectivity index (χ0v) is 6.82. The lowest BCUT2D eigenvalue weighted by Crippen LogP contribution is -2.17. The number of amides is 1. The summed E-state index contributed by atoms with van der Waals surface area (Å²) >= 11 is 5.71. The Kier molecular flexibility index (Phi) is 1.66. The van der Waals surface area contributed by atoms with Crippen LogP contribution >= 0.6 is 11.6 Å². The number of allylic oxidation sites excluding steroid dienone is 1. The van der Waals surface area contributed by atoms with E-state index in [9.17, 15) is 4.79 Å². The summed E-state index contributed by atoms with van der Waals surface area (Å²) in [5.74, 6) is 0.233. The van der Waals surface area contributed by atoms with Gasteiger partial charge in [-0.1, -0.05) is 17.7 Å². The largest absolute Gasteiger partial charge is 0.271 e. The van der Waals surface area contributed by atoms with Crippen molar-refractivity contribution in [2.45, 2.75) is 0 Å². The number of nitrogens with zero attached hydrogens (tertiary/aromatic N) is 2. The van der Waals surface area contributed by atoms with Crippen LogP contribution in [0.2, 0.25) is 0 Å². The van der Waals surface area contributed by atoms with E-state index in [1.807, 2.05) is 0 Å². The summed E-state index contributed by atoms with van der Waals surface area (Å²) in [4.78, 5) is 18.5. The molecule has 0 radical (unpaired) electrons. The van der Waals surface area contributed by atoms with Gasteiger partial charge in [-0.05, 0) is 6.08 Å². The molecule has 2 aliphatic rings. The van der Waals surface area contributed by atoms with Gasteiger partial charge in [0, 0.05) is 12.3 Å². The summed E-state index contributed by atoms with van der Waals surface area (Å²) in [6, 6.07) is 0.